The summed E-state index contributed by atoms with van der Waals surface area (Å²) in [7, 11) is 3.21. The van der Waals surface area contributed by atoms with Gasteiger partial charge in [-0.15, -0.1) is 0 Å². The summed E-state index contributed by atoms with van der Waals surface area (Å²) in [5.74, 6) is -0.110. The van der Waals surface area contributed by atoms with E-state index in [9.17, 15) is 9.18 Å². The van der Waals surface area contributed by atoms with E-state index >= 15 is 0 Å². The standard InChI is InChI=1S/C26H33FN6O2/c1-6-19-15-33(22-13-25(34)30(4)23-16-31(11-10-28)29-26(22)23)20(7-2)14-32(19)17(3)18-8-9-21(27)24(12-18)35-5/h8-9,12-13,16-17,19-20H,6-7,11,14-15H2,1-5H3/t17?,19-,20+/m1/s1. The lowest BCUT2D eigenvalue weighted by atomic mass is 9.96. The maximum atomic E-state index is 14.0. The quantitative estimate of drug-likeness (QED) is 0.511. The highest BCUT2D eigenvalue weighted by atomic mass is 19.1. The molecule has 35 heavy (non-hydrogen) atoms. The summed E-state index contributed by atoms with van der Waals surface area (Å²) in [5, 5.41) is 13.8. The lowest BCUT2D eigenvalue weighted by Gasteiger charge is -2.49. The van der Waals surface area contributed by atoms with Crippen LogP contribution in [0.2, 0.25) is 0 Å². The topological polar surface area (TPSA) is 79.3 Å². The van der Waals surface area contributed by atoms with Gasteiger partial charge >= 0.3 is 0 Å². The number of nitrogens with zero attached hydrogens (tertiary/aromatic N) is 6. The molecule has 1 aliphatic heterocycles. The Balaban J connectivity index is 1.71. The van der Waals surface area contributed by atoms with Crippen LogP contribution >= 0.6 is 0 Å². The van der Waals surface area contributed by atoms with Crippen LogP contribution in [0.15, 0.2) is 35.3 Å². The van der Waals surface area contributed by atoms with Gasteiger partial charge in [0.25, 0.3) is 5.56 Å². The molecule has 0 bridgehead atoms. The van der Waals surface area contributed by atoms with Gasteiger partial charge in [-0.3, -0.25) is 14.4 Å². The van der Waals surface area contributed by atoms with Gasteiger partial charge in [-0.1, -0.05) is 19.9 Å². The van der Waals surface area contributed by atoms with E-state index in [2.05, 4.69) is 41.7 Å². The van der Waals surface area contributed by atoms with Gasteiger partial charge in [-0.2, -0.15) is 10.4 Å². The van der Waals surface area contributed by atoms with Gasteiger partial charge in [0.2, 0.25) is 0 Å². The van der Waals surface area contributed by atoms with Crippen LogP contribution in [-0.4, -0.2) is 51.5 Å². The first-order chi connectivity index (χ1) is 16.8. The van der Waals surface area contributed by atoms with Gasteiger partial charge in [0.15, 0.2) is 11.6 Å². The molecule has 186 valence electrons. The Morgan fingerprint density at radius 3 is 2.63 bits per heavy atom. The second-order valence-electron chi connectivity index (χ2n) is 9.19. The number of hydrogen-bond donors (Lipinski definition) is 0. The van der Waals surface area contributed by atoms with Crippen LogP contribution in [0.5, 0.6) is 5.75 Å². The Bertz CT molecular complexity index is 1310. The Kier molecular flexibility index (Phi) is 7.13. The normalized spacial score (nSPS) is 19.6. The van der Waals surface area contributed by atoms with Gasteiger partial charge in [0.1, 0.15) is 12.1 Å². The van der Waals surface area contributed by atoms with Crippen molar-refractivity contribution in [2.75, 3.05) is 25.1 Å². The van der Waals surface area contributed by atoms with Crippen molar-refractivity contribution < 1.29 is 9.13 Å². The Morgan fingerprint density at radius 1 is 1.23 bits per heavy atom. The minimum Gasteiger partial charge on any atom is -0.494 e. The maximum absolute atomic E-state index is 14.0. The summed E-state index contributed by atoms with van der Waals surface area (Å²) in [6.07, 6.45) is 3.58. The third kappa shape index (κ3) is 4.50. The minimum absolute atomic E-state index is 0.0733. The van der Waals surface area contributed by atoms with E-state index in [1.54, 1.807) is 34.6 Å². The van der Waals surface area contributed by atoms with Crippen molar-refractivity contribution in [1.82, 2.24) is 19.2 Å². The van der Waals surface area contributed by atoms with Gasteiger partial charge < -0.3 is 14.2 Å². The molecule has 0 N–H and O–H groups in total. The summed E-state index contributed by atoms with van der Waals surface area (Å²) in [5.41, 5.74) is 3.19. The zero-order chi connectivity index (χ0) is 25.3. The Labute approximate surface area is 205 Å². The number of anilines is 1. The molecule has 1 unspecified atom stereocenters. The van der Waals surface area contributed by atoms with Crippen LogP contribution in [0.4, 0.5) is 10.1 Å². The van der Waals surface area contributed by atoms with Gasteiger partial charge in [-0.05, 0) is 37.5 Å². The number of rotatable bonds is 7. The van der Waals surface area contributed by atoms with Gasteiger partial charge in [0, 0.05) is 44.3 Å². The molecule has 1 fully saturated rings. The molecule has 4 rings (SSSR count). The largest absolute Gasteiger partial charge is 0.494 e. The van der Waals surface area contributed by atoms with Crippen LogP contribution < -0.4 is 15.2 Å². The number of methoxy groups -OCH3 is 1. The highest BCUT2D eigenvalue weighted by Crippen LogP contribution is 2.35. The van der Waals surface area contributed by atoms with Crippen LogP contribution in [0.25, 0.3) is 11.0 Å². The fraction of sp³-hybridized carbons (Fsp3) is 0.500. The molecule has 3 aromatic rings. The number of aryl methyl sites for hydroxylation is 1. The number of fused-ring (bicyclic) bond motifs is 1. The monoisotopic (exact) mass is 480 g/mol. The molecule has 0 saturated carbocycles. The SMILES string of the molecule is CC[C@H]1CN(C(C)c2ccc(F)c(OC)c2)[C@H](CC)CN1c1cc(=O)n(C)c2cn(CC#N)nc12. The summed E-state index contributed by atoms with van der Waals surface area (Å²) in [4.78, 5) is 17.6. The molecule has 0 radical (unpaired) electrons. The number of benzene rings is 1. The average molecular weight is 481 g/mol. The third-order valence-corrected chi connectivity index (χ3v) is 7.32. The molecular weight excluding hydrogens is 447 g/mol. The van der Waals surface area contributed by atoms with Crippen molar-refractivity contribution >= 4 is 16.7 Å². The second kappa shape index (κ2) is 10.1. The summed E-state index contributed by atoms with van der Waals surface area (Å²) in [6.45, 7) is 8.14. The average Bonchev–Trinajstić information content (AvgIpc) is 3.29. The molecule has 0 spiro atoms. The molecule has 1 aliphatic rings. The lowest BCUT2D eigenvalue weighted by Crippen LogP contribution is -2.58. The van der Waals surface area contributed by atoms with Gasteiger partial charge in [-0.25, -0.2) is 4.39 Å². The predicted octanol–water partition coefficient (Wildman–Crippen LogP) is 3.85. The molecule has 0 amide bonds. The molecule has 2 aromatic heterocycles. The first-order valence-electron chi connectivity index (χ1n) is 12.1. The Morgan fingerprint density at radius 2 is 1.97 bits per heavy atom. The van der Waals surface area contributed by atoms with E-state index < -0.39 is 0 Å². The third-order valence-electron chi connectivity index (χ3n) is 7.32. The van der Waals surface area contributed by atoms with Crippen molar-refractivity contribution in [3.63, 3.8) is 0 Å². The van der Waals surface area contributed by atoms with Crippen molar-refractivity contribution in [3.05, 3.63) is 52.2 Å². The van der Waals surface area contributed by atoms with E-state index in [0.717, 1.165) is 48.2 Å². The zero-order valence-electron chi connectivity index (χ0n) is 21.0. The number of nitriles is 1. The zero-order valence-corrected chi connectivity index (χ0v) is 21.0. The first kappa shape index (κ1) is 24.7. The second-order valence-corrected chi connectivity index (χ2v) is 9.19. The van der Waals surface area contributed by atoms with Gasteiger partial charge in [0.05, 0.1) is 30.6 Å². The number of ether oxygens (including phenoxy) is 1. The minimum atomic E-state index is -0.364. The van der Waals surface area contributed by atoms with Crippen LogP contribution in [0.3, 0.4) is 0 Å². The molecule has 3 atom stereocenters. The van der Waals surface area contributed by atoms with Crippen LogP contribution in [0, 0.1) is 17.1 Å². The van der Waals surface area contributed by atoms with Crippen LogP contribution in [-0.2, 0) is 13.6 Å². The number of pyridine rings is 1. The molecule has 9 heteroatoms. The number of aromatic nitrogens is 3. The Hall–Kier alpha value is -3.38. The van der Waals surface area contributed by atoms with E-state index in [0.29, 0.717) is 0 Å². The number of piperazine rings is 1. The van der Waals surface area contributed by atoms with E-state index in [1.807, 2.05) is 6.07 Å². The first-order valence-corrected chi connectivity index (χ1v) is 12.1. The molecule has 3 heterocycles. The highest BCUT2D eigenvalue weighted by Gasteiger charge is 2.36. The van der Waals surface area contributed by atoms with Crippen molar-refractivity contribution in [3.8, 4) is 11.8 Å². The molecule has 0 aliphatic carbocycles. The lowest BCUT2D eigenvalue weighted by molar-refractivity contribution is 0.101. The highest BCUT2D eigenvalue weighted by molar-refractivity contribution is 5.88. The van der Waals surface area contributed by atoms with Crippen molar-refractivity contribution in [2.24, 2.45) is 7.05 Å². The van der Waals surface area contributed by atoms with Crippen molar-refractivity contribution in [2.45, 2.75) is 58.3 Å². The summed E-state index contributed by atoms with van der Waals surface area (Å²) in [6, 6.07) is 9.33. The number of hydrogen-bond acceptors (Lipinski definition) is 6. The predicted molar refractivity (Wildman–Crippen MR) is 134 cm³/mol. The molecule has 8 nitrogen and oxygen atoms in total. The van der Waals surface area contributed by atoms with Crippen molar-refractivity contribution in [1.29, 1.82) is 5.26 Å². The van der Waals surface area contributed by atoms with E-state index in [4.69, 9.17) is 10.00 Å². The summed E-state index contributed by atoms with van der Waals surface area (Å²) >= 11 is 0. The fourth-order valence-corrected chi connectivity index (χ4v) is 5.19. The number of halogens is 1. The van der Waals surface area contributed by atoms with E-state index in [1.165, 1.54) is 13.2 Å². The van der Waals surface area contributed by atoms with E-state index in [-0.39, 0.29) is 41.8 Å². The molecule has 1 saturated heterocycles. The molecular formula is C26H33FN6O2. The smallest absolute Gasteiger partial charge is 0.252 e. The summed E-state index contributed by atoms with van der Waals surface area (Å²) < 4.78 is 22.4. The fourth-order valence-electron chi connectivity index (χ4n) is 5.19. The van der Waals surface area contributed by atoms with Crippen LogP contribution in [0.1, 0.15) is 45.2 Å². The maximum Gasteiger partial charge on any atom is 0.252 e. The molecule has 1 aromatic carbocycles.